The molecular weight excluding hydrogens is 408 g/mol. The summed E-state index contributed by atoms with van der Waals surface area (Å²) >= 11 is 0. The standard InChI is InChI=1S/C30H48O3/c1-25(2)21-10-13-30(7)22(28(21,5)12-11-23(25)32)9-8-19-20-16-26(3,18-31)17-24(33)27(20,4)14-15-29(19,30)6/h8,20-22,24,31,33H,9-18H2,1-7H3/t20-,21-,22+,24+,26-,27+,28-,29+,30+/m0/s1. The summed E-state index contributed by atoms with van der Waals surface area (Å²) in [5.41, 5.74) is 1.68. The maximum Gasteiger partial charge on any atom is 0.138 e. The van der Waals surface area contributed by atoms with E-state index in [1.54, 1.807) is 5.57 Å². The molecule has 0 heterocycles. The first kappa shape index (κ1) is 24.0. The highest BCUT2D eigenvalue weighted by molar-refractivity contribution is 5.85. The van der Waals surface area contributed by atoms with E-state index in [9.17, 15) is 15.0 Å². The van der Waals surface area contributed by atoms with Crippen LogP contribution >= 0.6 is 0 Å². The van der Waals surface area contributed by atoms with Crippen LogP contribution in [0.2, 0.25) is 0 Å². The van der Waals surface area contributed by atoms with E-state index >= 15 is 0 Å². The van der Waals surface area contributed by atoms with Crippen LogP contribution in [-0.4, -0.2) is 28.7 Å². The van der Waals surface area contributed by atoms with E-state index in [0.29, 0.717) is 30.0 Å². The van der Waals surface area contributed by atoms with Crippen molar-refractivity contribution in [3.63, 3.8) is 0 Å². The van der Waals surface area contributed by atoms with Crippen molar-refractivity contribution < 1.29 is 15.0 Å². The SMILES string of the molecule is CC1(C)C(=O)CC[C@]2(C)[C@H]3CC=C4[C@@H]5C[C@](C)(CO)C[C@@H](O)[C@]5(C)CC[C@@]4(C)[C@]3(C)CC[C@@H]12. The van der Waals surface area contributed by atoms with Gasteiger partial charge in [-0.25, -0.2) is 0 Å². The lowest BCUT2D eigenvalue weighted by Crippen LogP contribution is -2.65. The van der Waals surface area contributed by atoms with E-state index in [1.165, 1.54) is 6.42 Å². The number of fused-ring (bicyclic) bond motifs is 7. The zero-order valence-electron chi connectivity index (χ0n) is 22.3. The number of carbonyl (C=O) groups is 1. The summed E-state index contributed by atoms with van der Waals surface area (Å²) in [6.45, 7) is 16.7. The Morgan fingerprint density at radius 2 is 1.61 bits per heavy atom. The summed E-state index contributed by atoms with van der Waals surface area (Å²) in [7, 11) is 0. The molecule has 3 heteroatoms. The summed E-state index contributed by atoms with van der Waals surface area (Å²) < 4.78 is 0. The third kappa shape index (κ3) is 2.85. The Bertz CT molecular complexity index is 889. The molecule has 0 aromatic heterocycles. The summed E-state index contributed by atoms with van der Waals surface area (Å²) in [4.78, 5) is 12.9. The van der Waals surface area contributed by atoms with Crippen molar-refractivity contribution in [2.75, 3.05) is 6.61 Å². The van der Waals surface area contributed by atoms with Crippen molar-refractivity contribution in [3.05, 3.63) is 11.6 Å². The molecule has 186 valence electrons. The third-order valence-electron chi connectivity index (χ3n) is 13.1. The smallest absolute Gasteiger partial charge is 0.138 e. The van der Waals surface area contributed by atoms with Gasteiger partial charge in [0.2, 0.25) is 0 Å². The molecule has 4 saturated carbocycles. The first-order valence-corrected chi connectivity index (χ1v) is 13.7. The molecule has 2 N–H and O–H groups in total. The number of aliphatic hydroxyl groups is 2. The minimum atomic E-state index is -0.345. The Morgan fingerprint density at radius 3 is 2.27 bits per heavy atom. The van der Waals surface area contributed by atoms with Crippen LogP contribution in [0.25, 0.3) is 0 Å². The van der Waals surface area contributed by atoms with Gasteiger partial charge in [0, 0.05) is 23.9 Å². The third-order valence-corrected chi connectivity index (χ3v) is 13.1. The van der Waals surface area contributed by atoms with E-state index in [4.69, 9.17) is 0 Å². The summed E-state index contributed by atoms with van der Waals surface area (Å²) in [5.74, 6) is 1.91. The number of aliphatic hydroxyl groups excluding tert-OH is 2. The van der Waals surface area contributed by atoms with Gasteiger partial charge in [-0.05, 0) is 90.8 Å². The fraction of sp³-hybridized carbons (Fsp3) is 0.900. The molecule has 3 nitrogen and oxygen atoms in total. The largest absolute Gasteiger partial charge is 0.396 e. The average Bonchev–Trinajstić information content (AvgIpc) is 2.73. The molecule has 0 bridgehead atoms. The van der Waals surface area contributed by atoms with E-state index in [1.807, 2.05) is 0 Å². The highest BCUT2D eigenvalue weighted by Gasteiger charge is 2.68. The summed E-state index contributed by atoms with van der Waals surface area (Å²) in [6, 6.07) is 0. The predicted molar refractivity (Wildman–Crippen MR) is 133 cm³/mol. The first-order chi connectivity index (χ1) is 15.2. The van der Waals surface area contributed by atoms with Crippen molar-refractivity contribution in [1.82, 2.24) is 0 Å². The van der Waals surface area contributed by atoms with Crippen LogP contribution in [0.3, 0.4) is 0 Å². The fourth-order valence-electron chi connectivity index (χ4n) is 10.5. The Kier molecular flexibility index (Phi) is 5.07. The van der Waals surface area contributed by atoms with Crippen LogP contribution in [0.4, 0.5) is 0 Å². The lowest BCUT2D eigenvalue weighted by molar-refractivity contribution is -0.191. The molecule has 0 aromatic rings. The van der Waals surface area contributed by atoms with Crippen LogP contribution in [-0.2, 0) is 4.79 Å². The van der Waals surface area contributed by atoms with Gasteiger partial charge in [-0.1, -0.05) is 60.1 Å². The predicted octanol–water partition coefficient (Wildman–Crippen LogP) is 6.32. The summed E-state index contributed by atoms with van der Waals surface area (Å²) in [5, 5.41) is 21.5. The zero-order chi connectivity index (χ0) is 24.2. The van der Waals surface area contributed by atoms with Gasteiger partial charge in [-0.15, -0.1) is 0 Å². The minimum Gasteiger partial charge on any atom is -0.396 e. The maximum atomic E-state index is 12.9. The second kappa shape index (κ2) is 6.96. The average molecular weight is 457 g/mol. The molecule has 0 unspecified atom stereocenters. The van der Waals surface area contributed by atoms with Gasteiger partial charge in [0.25, 0.3) is 0 Å². The number of hydrogen-bond donors (Lipinski definition) is 2. The zero-order valence-corrected chi connectivity index (χ0v) is 22.3. The minimum absolute atomic E-state index is 0.0798. The molecule has 5 aliphatic rings. The fourth-order valence-corrected chi connectivity index (χ4v) is 10.5. The van der Waals surface area contributed by atoms with Gasteiger partial charge in [0.15, 0.2) is 0 Å². The number of hydrogen-bond acceptors (Lipinski definition) is 3. The number of allylic oxidation sites excluding steroid dienone is 2. The normalized spacial score (nSPS) is 55.5. The van der Waals surface area contributed by atoms with E-state index in [2.05, 4.69) is 54.5 Å². The molecule has 5 rings (SSSR count). The Balaban J connectivity index is 1.59. The van der Waals surface area contributed by atoms with E-state index in [0.717, 1.165) is 44.9 Å². The van der Waals surface area contributed by atoms with Crippen LogP contribution in [0.15, 0.2) is 11.6 Å². The monoisotopic (exact) mass is 456 g/mol. The molecule has 0 aliphatic heterocycles. The molecule has 4 fully saturated rings. The van der Waals surface area contributed by atoms with E-state index < -0.39 is 0 Å². The van der Waals surface area contributed by atoms with Crippen LogP contribution in [0.1, 0.15) is 106 Å². The number of Topliss-reactive ketones (excluding diaryl/α,β-unsaturated/α-hetero) is 1. The lowest BCUT2D eigenvalue weighted by Gasteiger charge is -2.71. The molecule has 0 aromatic carbocycles. The maximum absolute atomic E-state index is 12.9. The molecule has 0 amide bonds. The van der Waals surface area contributed by atoms with Crippen molar-refractivity contribution in [3.8, 4) is 0 Å². The van der Waals surface area contributed by atoms with Gasteiger partial charge in [0.05, 0.1) is 6.10 Å². The lowest BCUT2D eigenvalue weighted by atomic mass is 9.33. The second-order valence-corrected chi connectivity index (χ2v) is 14.9. The summed E-state index contributed by atoms with van der Waals surface area (Å²) in [6.07, 6.45) is 11.4. The molecular formula is C30H48O3. The number of ketones is 1. The van der Waals surface area contributed by atoms with Gasteiger partial charge in [-0.2, -0.15) is 0 Å². The van der Waals surface area contributed by atoms with E-state index in [-0.39, 0.29) is 45.2 Å². The highest BCUT2D eigenvalue weighted by atomic mass is 16.3. The topological polar surface area (TPSA) is 57.5 Å². The molecule has 9 atom stereocenters. The molecule has 5 aliphatic carbocycles. The molecule has 0 saturated heterocycles. The van der Waals surface area contributed by atoms with Gasteiger partial charge in [0.1, 0.15) is 5.78 Å². The Morgan fingerprint density at radius 1 is 0.909 bits per heavy atom. The molecule has 33 heavy (non-hydrogen) atoms. The second-order valence-electron chi connectivity index (χ2n) is 14.9. The quantitative estimate of drug-likeness (QED) is 0.454. The number of carbonyl (C=O) groups excluding carboxylic acids is 1. The van der Waals surface area contributed by atoms with Gasteiger partial charge >= 0.3 is 0 Å². The molecule has 0 spiro atoms. The first-order valence-electron chi connectivity index (χ1n) is 13.7. The molecule has 0 radical (unpaired) electrons. The van der Waals surface area contributed by atoms with Gasteiger partial charge in [-0.3, -0.25) is 4.79 Å². The Labute approximate surface area is 201 Å². The number of rotatable bonds is 1. The van der Waals surface area contributed by atoms with Crippen molar-refractivity contribution in [1.29, 1.82) is 0 Å². The highest BCUT2D eigenvalue weighted by Crippen LogP contribution is 2.75. The van der Waals surface area contributed by atoms with Crippen molar-refractivity contribution in [2.45, 2.75) is 112 Å². The Hall–Kier alpha value is -0.670. The van der Waals surface area contributed by atoms with Gasteiger partial charge < -0.3 is 10.2 Å². The van der Waals surface area contributed by atoms with Crippen LogP contribution in [0.5, 0.6) is 0 Å². The van der Waals surface area contributed by atoms with Crippen molar-refractivity contribution >= 4 is 5.78 Å². The van der Waals surface area contributed by atoms with Crippen LogP contribution in [0, 0.1) is 50.2 Å². The van der Waals surface area contributed by atoms with Crippen molar-refractivity contribution in [2.24, 2.45) is 50.2 Å². The van der Waals surface area contributed by atoms with Crippen LogP contribution < -0.4 is 0 Å².